The number of hydrogen-bond acceptors (Lipinski definition) is 4. The first-order chi connectivity index (χ1) is 14.4. The van der Waals surface area contributed by atoms with E-state index in [1.54, 1.807) is 0 Å². The van der Waals surface area contributed by atoms with Crippen molar-refractivity contribution in [2.45, 2.75) is 0 Å². The fourth-order valence-electron chi connectivity index (χ4n) is 4.19. The number of fused-ring (bicyclic) bond motifs is 5. The van der Waals surface area contributed by atoms with Crippen LogP contribution in [0.1, 0.15) is 0 Å². The maximum Gasteiger partial charge on any atom is 0.162 e. The van der Waals surface area contributed by atoms with E-state index in [0.717, 1.165) is 65.0 Å². The van der Waals surface area contributed by atoms with Crippen molar-refractivity contribution in [3.63, 3.8) is 0 Å². The van der Waals surface area contributed by atoms with Crippen LogP contribution in [0.2, 0.25) is 0 Å². The zero-order chi connectivity index (χ0) is 19.2. The Labute approximate surface area is 168 Å². The minimum Gasteiger partial charge on any atom is -0.378 e. The second-order valence-corrected chi connectivity index (χ2v) is 7.38. The number of aromatic nitrogens is 3. The summed E-state index contributed by atoms with van der Waals surface area (Å²) >= 11 is 0. The molecule has 6 rings (SSSR count). The van der Waals surface area contributed by atoms with E-state index in [-0.39, 0.29) is 0 Å². The quantitative estimate of drug-likeness (QED) is 0.451. The Morgan fingerprint density at radius 1 is 0.793 bits per heavy atom. The lowest BCUT2D eigenvalue weighted by Crippen LogP contribution is -2.36. The van der Waals surface area contributed by atoms with Crippen molar-refractivity contribution >= 4 is 33.1 Å². The van der Waals surface area contributed by atoms with Gasteiger partial charge in [0.25, 0.3) is 0 Å². The molecule has 29 heavy (non-hydrogen) atoms. The summed E-state index contributed by atoms with van der Waals surface area (Å²) in [6, 6.07) is 25.2. The summed E-state index contributed by atoms with van der Waals surface area (Å²) in [6.45, 7) is 3.36. The van der Waals surface area contributed by atoms with Gasteiger partial charge in [0.2, 0.25) is 0 Å². The van der Waals surface area contributed by atoms with Crippen LogP contribution in [0.5, 0.6) is 0 Å². The summed E-state index contributed by atoms with van der Waals surface area (Å²) in [4.78, 5) is 7.28. The second kappa shape index (κ2) is 6.57. The number of anilines is 1. The van der Waals surface area contributed by atoms with Crippen LogP contribution >= 0.6 is 0 Å². The predicted molar refractivity (Wildman–Crippen MR) is 116 cm³/mol. The summed E-state index contributed by atoms with van der Waals surface area (Å²) in [5.41, 5.74) is 6.17. The lowest BCUT2D eigenvalue weighted by Gasteiger charge is -2.28. The highest BCUT2D eigenvalue weighted by Gasteiger charge is 2.17. The molecule has 0 bridgehead atoms. The molecule has 0 unspecified atom stereocenters. The smallest absolute Gasteiger partial charge is 0.162 e. The van der Waals surface area contributed by atoms with E-state index < -0.39 is 0 Å². The number of morpholine rings is 1. The monoisotopic (exact) mass is 380 g/mol. The van der Waals surface area contributed by atoms with E-state index in [2.05, 4.69) is 71.6 Å². The molecule has 5 heteroatoms. The van der Waals surface area contributed by atoms with Gasteiger partial charge in [-0.25, -0.2) is 9.50 Å². The standard InChI is InChI=1S/C24H20N4O/c1-2-6-17(7-3-1)23-19-8-4-5-9-20(19)24-25-21-11-10-18(16-22(21)28(24)26-23)27-12-14-29-15-13-27/h1-11,16H,12-15H2. The van der Waals surface area contributed by atoms with Crippen LogP contribution in [-0.4, -0.2) is 40.9 Å². The van der Waals surface area contributed by atoms with Crippen LogP contribution < -0.4 is 4.90 Å². The highest BCUT2D eigenvalue weighted by atomic mass is 16.5. The predicted octanol–water partition coefficient (Wildman–Crippen LogP) is 4.54. The average Bonchev–Trinajstić information content (AvgIpc) is 3.18. The van der Waals surface area contributed by atoms with Crippen molar-refractivity contribution in [1.29, 1.82) is 0 Å². The van der Waals surface area contributed by atoms with Gasteiger partial charge in [-0.3, -0.25) is 0 Å². The summed E-state index contributed by atoms with van der Waals surface area (Å²) in [5, 5.41) is 7.30. The number of imidazole rings is 1. The second-order valence-electron chi connectivity index (χ2n) is 7.38. The fraction of sp³-hybridized carbons (Fsp3) is 0.167. The van der Waals surface area contributed by atoms with Gasteiger partial charge in [0.1, 0.15) is 0 Å². The topological polar surface area (TPSA) is 42.7 Å². The van der Waals surface area contributed by atoms with Crippen LogP contribution in [0.4, 0.5) is 5.69 Å². The minimum absolute atomic E-state index is 0.770. The molecule has 0 aliphatic carbocycles. The number of benzene rings is 3. The Kier molecular flexibility index (Phi) is 3.74. The molecule has 0 N–H and O–H groups in total. The van der Waals surface area contributed by atoms with Crippen molar-refractivity contribution < 1.29 is 4.74 Å². The molecule has 3 heterocycles. The van der Waals surface area contributed by atoms with Crippen LogP contribution in [0, 0.1) is 0 Å². The van der Waals surface area contributed by atoms with E-state index in [9.17, 15) is 0 Å². The summed E-state index contributed by atoms with van der Waals surface area (Å²) in [7, 11) is 0. The Bertz CT molecular complexity index is 1340. The van der Waals surface area contributed by atoms with E-state index in [0.29, 0.717) is 0 Å². The van der Waals surface area contributed by atoms with Crippen LogP contribution in [0.25, 0.3) is 38.7 Å². The molecule has 1 saturated heterocycles. The molecule has 0 spiro atoms. The average molecular weight is 380 g/mol. The number of hydrogen-bond donors (Lipinski definition) is 0. The molecular formula is C24H20N4O. The third-order valence-electron chi connectivity index (χ3n) is 5.66. The molecule has 1 aliphatic heterocycles. The van der Waals surface area contributed by atoms with Crippen LogP contribution in [0.15, 0.2) is 72.8 Å². The fourth-order valence-corrected chi connectivity index (χ4v) is 4.19. The maximum atomic E-state index is 5.51. The van der Waals surface area contributed by atoms with E-state index in [4.69, 9.17) is 14.8 Å². The minimum atomic E-state index is 0.770. The third-order valence-corrected chi connectivity index (χ3v) is 5.66. The van der Waals surface area contributed by atoms with E-state index >= 15 is 0 Å². The largest absolute Gasteiger partial charge is 0.378 e. The number of rotatable bonds is 2. The molecule has 0 atom stereocenters. The summed E-state index contributed by atoms with van der Waals surface area (Å²) < 4.78 is 7.51. The molecule has 1 fully saturated rings. The first-order valence-electron chi connectivity index (χ1n) is 9.98. The lowest BCUT2D eigenvalue weighted by molar-refractivity contribution is 0.122. The zero-order valence-electron chi connectivity index (χ0n) is 16.0. The molecule has 5 nitrogen and oxygen atoms in total. The Balaban J connectivity index is 1.65. The third kappa shape index (κ3) is 2.66. The molecule has 5 aromatic rings. The molecule has 0 saturated carbocycles. The Morgan fingerprint density at radius 3 is 2.38 bits per heavy atom. The first-order valence-corrected chi connectivity index (χ1v) is 9.98. The highest BCUT2D eigenvalue weighted by Crippen LogP contribution is 2.32. The zero-order valence-corrected chi connectivity index (χ0v) is 16.0. The van der Waals surface area contributed by atoms with Crippen molar-refractivity contribution in [3.05, 3.63) is 72.8 Å². The van der Waals surface area contributed by atoms with Crippen molar-refractivity contribution in [1.82, 2.24) is 14.6 Å². The van der Waals surface area contributed by atoms with Gasteiger partial charge in [0, 0.05) is 35.1 Å². The molecule has 0 amide bonds. The number of ether oxygens (including phenoxy) is 1. The van der Waals surface area contributed by atoms with Gasteiger partial charge in [-0.15, -0.1) is 0 Å². The van der Waals surface area contributed by atoms with Crippen molar-refractivity contribution in [2.24, 2.45) is 0 Å². The van der Waals surface area contributed by atoms with Crippen LogP contribution in [-0.2, 0) is 4.74 Å². The van der Waals surface area contributed by atoms with Gasteiger partial charge >= 0.3 is 0 Å². The number of nitrogens with zero attached hydrogens (tertiary/aromatic N) is 4. The Hall–Kier alpha value is -3.44. The molecule has 1 aliphatic rings. The van der Waals surface area contributed by atoms with Gasteiger partial charge < -0.3 is 9.64 Å². The first kappa shape index (κ1) is 16.5. The molecule has 3 aromatic carbocycles. The van der Waals surface area contributed by atoms with Gasteiger partial charge in [0.15, 0.2) is 5.65 Å². The summed E-state index contributed by atoms with van der Waals surface area (Å²) in [6.07, 6.45) is 0. The maximum absolute atomic E-state index is 5.51. The van der Waals surface area contributed by atoms with Crippen molar-refractivity contribution in [2.75, 3.05) is 31.2 Å². The van der Waals surface area contributed by atoms with Gasteiger partial charge in [-0.05, 0) is 18.2 Å². The highest BCUT2D eigenvalue weighted by molar-refractivity contribution is 6.04. The van der Waals surface area contributed by atoms with E-state index in [1.165, 1.54) is 5.69 Å². The van der Waals surface area contributed by atoms with Gasteiger partial charge in [0.05, 0.1) is 29.9 Å². The molecule has 2 aromatic heterocycles. The Morgan fingerprint density at radius 2 is 1.55 bits per heavy atom. The molecule has 0 radical (unpaired) electrons. The molecular weight excluding hydrogens is 360 g/mol. The van der Waals surface area contributed by atoms with E-state index in [1.807, 2.05) is 10.6 Å². The lowest BCUT2D eigenvalue weighted by atomic mass is 10.1. The van der Waals surface area contributed by atoms with Gasteiger partial charge in [-0.2, -0.15) is 5.10 Å². The SMILES string of the molecule is c1ccc(-c2nn3c4cc(N5CCOCC5)ccc4nc3c3ccccc23)cc1. The summed E-state index contributed by atoms with van der Waals surface area (Å²) in [5.74, 6) is 0. The normalized spacial score (nSPS) is 14.8. The van der Waals surface area contributed by atoms with Gasteiger partial charge in [-0.1, -0.05) is 54.6 Å². The molecule has 142 valence electrons. The van der Waals surface area contributed by atoms with Crippen molar-refractivity contribution in [3.8, 4) is 11.3 Å². The van der Waals surface area contributed by atoms with Crippen LogP contribution in [0.3, 0.4) is 0 Å².